The number of nitrogens with two attached hydrogens (primary N) is 1. The van der Waals surface area contributed by atoms with Gasteiger partial charge in [0.2, 0.25) is 0 Å². The van der Waals surface area contributed by atoms with E-state index >= 15 is 0 Å². The van der Waals surface area contributed by atoms with Crippen LogP contribution in [0.2, 0.25) is 0 Å². The van der Waals surface area contributed by atoms with E-state index in [1.54, 1.807) is 12.1 Å². The maximum atomic E-state index is 5.59. The van der Waals surface area contributed by atoms with Crippen LogP contribution < -0.4 is 29.3 Å². The van der Waals surface area contributed by atoms with Gasteiger partial charge in [-0.2, -0.15) is 5.10 Å². The molecule has 0 fully saturated rings. The first-order chi connectivity index (χ1) is 24.5. The van der Waals surface area contributed by atoms with E-state index in [9.17, 15) is 0 Å². The first-order valence-electron chi connectivity index (χ1n) is 16.3. The van der Waals surface area contributed by atoms with Crippen LogP contribution in [-0.2, 0) is 35.2 Å². The van der Waals surface area contributed by atoms with E-state index < -0.39 is 0 Å². The molecule has 3 aromatic heterocycles. The number of hydrogen-bond donors (Lipinski definition) is 1. The molecule has 6 aromatic rings. The number of nitrogens with zero attached hydrogens (tertiary/aromatic N) is 12. The molecule has 13 heteroatoms. The number of para-hydroxylation sites is 1. The number of aryl methyl sites for hydroxylation is 5. The molecule has 0 aliphatic heterocycles. The number of nitrogen functional groups attached to an aromatic ring is 1. The van der Waals surface area contributed by atoms with Gasteiger partial charge in [0.05, 0.1) is 64.9 Å². The lowest BCUT2D eigenvalue weighted by Gasteiger charge is -2.11. The first kappa shape index (κ1) is 37.3. The number of rotatable bonds is 8. The van der Waals surface area contributed by atoms with E-state index in [2.05, 4.69) is 30.5 Å². The van der Waals surface area contributed by atoms with E-state index in [-0.39, 0.29) is 0 Å². The first-order valence-corrected chi connectivity index (χ1v) is 16.3. The van der Waals surface area contributed by atoms with Gasteiger partial charge in [0.25, 0.3) is 0 Å². The Morgan fingerprint density at radius 1 is 0.588 bits per heavy atom. The largest absolute Gasteiger partial charge is 0.421 e. The summed E-state index contributed by atoms with van der Waals surface area (Å²) in [7, 11) is 15.7. The van der Waals surface area contributed by atoms with Gasteiger partial charge >= 0.3 is 11.9 Å². The van der Waals surface area contributed by atoms with Gasteiger partial charge in [0, 0.05) is 60.4 Å². The van der Waals surface area contributed by atoms with Crippen LogP contribution in [-0.4, -0.2) is 36.5 Å². The van der Waals surface area contributed by atoms with E-state index in [1.807, 2.05) is 206 Å². The number of hydrazone groups is 1. The standard InChI is InChI=1S/C14H16N3.C13H18N5.C11H13N5/c1-16-10-8-13(9-11-16)12-15-17(2)14-6-4-3-5-7-14;1-16(2)12-7-5-11(6-8-12)14-15-13-17(3)9-10-18(13)4;1-15-7-8-16(2)11(15)14-13-10-5-3-9(12)4-6-10/h3-12H,1-2H3;5-10H,1-4H3;3-8,12H,1-2H3/q2*+1;/p+1. The Labute approximate surface area is 300 Å². The van der Waals surface area contributed by atoms with Crippen molar-refractivity contribution in [3.8, 4) is 0 Å². The molecule has 262 valence electrons. The zero-order valence-electron chi connectivity index (χ0n) is 30.6. The molecular weight excluding hydrogens is 639 g/mol. The number of pyridine rings is 1. The van der Waals surface area contributed by atoms with Crippen molar-refractivity contribution in [2.75, 3.05) is 36.8 Å². The molecule has 0 aliphatic rings. The Bertz CT molecular complexity index is 1980. The lowest BCUT2D eigenvalue weighted by atomic mass is 10.3. The Hall–Kier alpha value is -6.50. The number of imidazole rings is 2. The SMILES string of the molecule is CN(C)c1ccc(N=Nc2n(C)cc[n+]2C)cc1.CN(N=Cc1cc[n+](C)cc1)c1ccccc1.Cn1cc[n+](C)c1N=Nc1ccc(N)cc1. The van der Waals surface area contributed by atoms with Gasteiger partial charge in [-0.05, 0) is 60.7 Å². The quantitative estimate of drug-likeness (QED) is 0.0680. The van der Waals surface area contributed by atoms with Crippen LogP contribution in [0.15, 0.2) is 154 Å². The number of azo groups is 2. The summed E-state index contributed by atoms with van der Waals surface area (Å²) in [5.41, 5.74) is 11.3. The number of hydrogen-bond acceptors (Lipinski definition) is 8. The fourth-order valence-electron chi connectivity index (χ4n) is 4.47. The molecule has 0 spiro atoms. The average Bonchev–Trinajstić information content (AvgIpc) is 3.64. The highest BCUT2D eigenvalue weighted by Crippen LogP contribution is 2.20. The van der Waals surface area contributed by atoms with Crippen molar-refractivity contribution in [1.29, 1.82) is 0 Å². The molecule has 0 radical (unpaired) electrons. The molecule has 0 saturated carbocycles. The molecule has 0 bridgehead atoms. The number of anilines is 3. The van der Waals surface area contributed by atoms with Crippen LogP contribution in [0, 0.1) is 0 Å². The van der Waals surface area contributed by atoms with Gasteiger partial charge < -0.3 is 10.6 Å². The maximum Gasteiger partial charge on any atom is 0.421 e. The van der Waals surface area contributed by atoms with E-state index in [0.717, 1.165) is 45.9 Å². The Kier molecular flexibility index (Phi) is 13.4. The van der Waals surface area contributed by atoms with Crippen molar-refractivity contribution in [1.82, 2.24) is 9.13 Å². The Morgan fingerprint density at radius 2 is 1.08 bits per heavy atom. The minimum absolute atomic E-state index is 0.725. The van der Waals surface area contributed by atoms with Crippen LogP contribution >= 0.6 is 0 Å². The van der Waals surface area contributed by atoms with Gasteiger partial charge in [0.15, 0.2) is 12.4 Å². The van der Waals surface area contributed by atoms with Crippen molar-refractivity contribution in [3.05, 3.63) is 134 Å². The lowest BCUT2D eigenvalue weighted by Crippen LogP contribution is -2.25. The molecule has 6 rings (SSSR count). The van der Waals surface area contributed by atoms with Crippen molar-refractivity contribution in [2.24, 2.45) is 60.8 Å². The summed E-state index contributed by atoms with van der Waals surface area (Å²) in [6.45, 7) is 0. The molecule has 0 aliphatic carbocycles. The average molecular weight is 687 g/mol. The summed E-state index contributed by atoms with van der Waals surface area (Å²) in [5, 5.41) is 23.0. The molecule has 0 atom stereocenters. The highest BCUT2D eigenvalue weighted by atomic mass is 15.4. The molecule has 0 amide bonds. The molecule has 0 saturated heterocycles. The molecule has 51 heavy (non-hydrogen) atoms. The summed E-state index contributed by atoms with van der Waals surface area (Å²) in [6, 6.07) is 29.4. The molecule has 2 N–H and O–H groups in total. The predicted octanol–water partition coefficient (Wildman–Crippen LogP) is 6.16. The van der Waals surface area contributed by atoms with Crippen LogP contribution in [0.25, 0.3) is 0 Å². The van der Waals surface area contributed by atoms with Gasteiger partial charge in [-0.1, -0.05) is 28.4 Å². The summed E-state index contributed by atoms with van der Waals surface area (Å²) < 4.78 is 9.66. The third-order valence-corrected chi connectivity index (χ3v) is 7.57. The topological polar surface area (TPSA) is 116 Å². The second-order valence-corrected chi connectivity index (χ2v) is 11.9. The monoisotopic (exact) mass is 686 g/mol. The normalized spacial score (nSPS) is 11.0. The van der Waals surface area contributed by atoms with Crippen molar-refractivity contribution in [3.63, 3.8) is 0 Å². The van der Waals surface area contributed by atoms with Gasteiger partial charge in [-0.3, -0.25) is 5.01 Å². The molecule has 3 heterocycles. The fraction of sp³-hybridized carbons (Fsp3) is 0.211. The highest BCUT2D eigenvalue weighted by Gasteiger charge is 2.11. The summed E-state index contributed by atoms with van der Waals surface area (Å²) in [6.07, 6.45) is 13.6. The van der Waals surface area contributed by atoms with Gasteiger partial charge in [-0.15, -0.1) is 0 Å². The molecule has 0 unspecified atom stereocenters. The minimum atomic E-state index is 0.725. The molecular formula is C38H48N13+3. The summed E-state index contributed by atoms with van der Waals surface area (Å²) in [5.74, 6) is 1.60. The highest BCUT2D eigenvalue weighted by molar-refractivity contribution is 5.79. The van der Waals surface area contributed by atoms with E-state index in [0.29, 0.717) is 0 Å². The van der Waals surface area contributed by atoms with Gasteiger partial charge in [-0.25, -0.2) is 22.8 Å². The second kappa shape index (κ2) is 18.3. The smallest absolute Gasteiger partial charge is 0.399 e. The van der Waals surface area contributed by atoms with Crippen molar-refractivity contribution in [2.45, 2.75) is 0 Å². The van der Waals surface area contributed by atoms with Crippen molar-refractivity contribution >= 4 is 46.5 Å². The Balaban J connectivity index is 0.000000172. The zero-order chi connectivity index (χ0) is 36.8. The minimum Gasteiger partial charge on any atom is -0.399 e. The lowest BCUT2D eigenvalue weighted by molar-refractivity contribution is -0.671. The van der Waals surface area contributed by atoms with Crippen LogP contribution in [0.1, 0.15) is 5.56 Å². The van der Waals surface area contributed by atoms with Gasteiger partial charge in [0.1, 0.15) is 18.4 Å². The fourth-order valence-corrected chi connectivity index (χ4v) is 4.47. The zero-order valence-corrected chi connectivity index (χ0v) is 30.6. The summed E-state index contributed by atoms with van der Waals surface area (Å²) >= 11 is 0. The van der Waals surface area contributed by atoms with Crippen LogP contribution in [0.5, 0.6) is 0 Å². The third kappa shape index (κ3) is 11.6. The predicted molar refractivity (Wildman–Crippen MR) is 203 cm³/mol. The number of aromatic nitrogens is 5. The van der Waals surface area contributed by atoms with Crippen molar-refractivity contribution < 1.29 is 13.7 Å². The third-order valence-electron chi connectivity index (χ3n) is 7.57. The molecule has 13 nitrogen and oxygen atoms in total. The Morgan fingerprint density at radius 3 is 1.53 bits per heavy atom. The number of benzene rings is 3. The second-order valence-electron chi connectivity index (χ2n) is 11.9. The van der Waals surface area contributed by atoms with Crippen LogP contribution in [0.3, 0.4) is 0 Å². The van der Waals surface area contributed by atoms with E-state index in [1.165, 1.54) is 0 Å². The molecule has 3 aromatic carbocycles. The van der Waals surface area contributed by atoms with Crippen LogP contribution in [0.4, 0.5) is 40.3 Å². The van der Waals surface area contributed by atoms with E-state index in [4.69, 9.17) is 5.73 Å². The summed E-state index contributed by atoms with van der Waals surface area (Å²) in [4.78, 5) is 2.05. The maximum absolute atomic E-state index is 5.59.